The molecule has 1 unspecified atom stereocenters. The Morgan fingerprint density at radius 2 is 2.20 bits per heavy atom. The summed E-state index contributed by atoms with van der Waals surface area (Å²) in [7, 11) is -1.74. The average Bonchev–Trinajstić information content (AvgIpc) is 3.34. The maximum Gasteiger partial charge on any atom is 0.341 e. The minimum Gasteiger partial charge on any atom is -0.492 e. The fraction of sp³-hybridized carbons (Fsp3) is 0.409. The van der Waals surface area contributed by atoms with E-state index in [1.807, 2.05) is 6.07 Å². The van der Waals surface area contributed by atoms with Crippen molar-refractivity contribution in [1.29, 1.82) is 0 Å². The van der Waals surface area contributed by atoms with Crippen LogP contribution in [-0.4, -0.2) is 35.0 Å². The lowest BCUT2D eigenvalue weighted by Gasteiger charge is -2.21. The number of nitrogens with one attached hydrogen (secondary N) is 2. The van der Waals surface area contributed by atoms with Gasteiger partial charge >= 0.3 is 5.97 Å². The molecule has 0 bridgehead atoms. The molecular formula is C22H23FN2O4S. The van der Waals surface area contributed by atoms with Crippen LogP contribution in [0.15, 0.2) is 35.2 Å². The second-order valence-electron chi connectivity index (χ2n) is 8.31. The van der Waals surface area contributed by atoms with E-state index < -0.39 is 17.0 Å². The van der Waals surface area contributed by atoms with Gasteiger partial charge in [0.2, 0.25) is 0 Å². The van der Waals surface area contributed by atoms with Gasteiger partial charge in [0.15, 0.2) is 11.0 Å². The number of anilines is 1. The summed E-state index contributed by atoms with van der Waals surface area (Å²) >= 11 is 0. The van der Waals surface area contributed by atoms with Crippen molar-refractivity contribution in [3.05, 3.63) is 52.8 Å². The van der Waals surface area contributed by atoms with Crippen LogP contribution < -0.4 is 14.8 Å². The lowest BCUT2D eigenvalue weighted by Crippen LogP contribution is -2.17. The number of benzene rings is 2. The topological polar surface area (TPSA) is 87.7 Å². The summed E-state index contributed by atoms with van der Waals surface area (Å²) in [6, 6.07) is 7.75. The van der Waals surface area contributed by atoms with Crippen molar-refractivity contribution >= 4 is 22.6 Å². The fourth-order valence-electron chi connectivity index (χ4n) is 4.59. The molecule has 2 fully saturated rings. The Morgan fingerprint density at radius 1 is 1.33 bits per heavy atom. The third kappa shape index (κ3) is 3.58. The summed E-state index contributed by atoms with van der Waals surface area (Å²) in [5.41, 5.74) is 1.85. The zero-order valence-electron chi connectivity index (χ0n) is 16.3. The average molecular weight is 431 g/mol. The third-order valence-electron chi connectivity index (χ3n) is 6.26. The highest BCUT2D eigenvalue weighted by Crippen LogP contribution is 2.55. The maximum atomic E-state index is 13.9. The fourth-order valence-corrected chi connectivity index (χ4v) is 5.64. The monoisotopic (exact) mass is 430 g/mol. The minimum atomic E-state index is -1.74. The highest BCUT2D eigenvalue weighted by Gasteiger charge is 2.45. The third-order valence-corrected chi connectivity index (χ3v) is 7.46. The molecule has 2 aromatic rings. The van der Waals surface area contributed by atoms with Crippen molar-refractivity contribution in [2.75, 3.05) is 24.4 Å². The predicted molar refractivity (Wildman–Crippen MR) is 111 cm³/mol. The minimum absolute atomic E-state index is 0.00912. The maximum absolute atomic E-state index is 13.9. The second kappa shape index (κ2) is 7.67. The number of ether oxygens (including phenoxy) is 1. The Kier molecular flexibility index (Phi) is 4.99. The molecule has 4 atom stereocenters. The summed E-state index contributed by atoms with van der Waals surface area (Å²) in [6.45, 7) is 2.29. The number of hydrogen-bond acceptors (Lipinski definition) is 4. The first-order valence-electron chi connectivity index (χ1n) is 10.2. The van der Waals surface area contributed by atoms with E-state index in [1.54, 1.807) is 6.07 Å². The number of rotatable bonds is 6. The number of hydrogen-bond donors (Lipinski definition) is 3. The van der Waals surface area contributed by atoms with E-state index in [1.165, 1.54) is 18.2 Å². The smallest absolute Gasteiger partial charge is 0.341 e. The van der Waals surface area contributed by atoms with Crippen LogP contribution in [0.25, 0.3) is 0 Å². The lowest BCUT2D eigenvalue weighted by atomic mass is 9.98. The second-order valence-corrected chi connectivity index (χ2v) is 9.49. The molecule has 30 heavy (non-hydrogen) atoms. The quantitative estimate of drug-likeness (QED) is 0.655. The molecule has 2 aliphatic heterocycles. The van der Waals surface area contributed by atoms with E-state index in [4.69, 9.17) is 4.74 Å². The molecule has 2 aromatic carbocycles. The number of fused-ring (bicyclic) bond motifs is 3. The first-order chi connectivity index (χ1) is 14.5. The predicted octanol–water partition coefficient (Wildman–Crippen LogP) is 3.31. The first kappa shape index (κ1) is 19.5. The Hall–Kier alpha value is -2.45. The van der Waals surface area contributed by atoms with E-state index in [0.29, 0.717) is 47.0 Å². The van der Waals surface area contributed by atoms with Crippen molar-refractivity contribution in [1.82, 2.24) is 5.32 Å². The van der Waals surface area contributed by atoms with E-state index in [-0.39, 0.29) is 17.1 Å². The van der Waals surface area contributed by atoms with Gasteiger partial charge in [0.05, 0.1) is 17.2 Å². The summed E-state index contributed by atoms with van der Waals surface area (Å²) in [4.78, 5) is 12.5. The van der Waals surface area contributed by atoms with Gasteiger partial charge in [0.1, 0.15) is 17.1 Å². The molecule has 0 aromatic heterocycles. The van der Waals surface area contributed by atoms with Gasteiger partial charge in [-0.2, -0.15) is 0 Å². The number of carbonyl (C=O) groups is 1. The zero-order valence-corrected chi connectivity index (χ0v) is 17.1. The largest absolute Gasteiger partial charge is 0.492 e. The molecule has 0 spiro atoms. The van der Waals surface area contributed by atoms with E-state index in [9.17, 15) is 18.5 Å². The van der Waals surface area contributed by atoms with Gasteiger partial charge < -0.3 is 19.9 Å². The van der Waals surface area contributed by atoms with Crippen molar-refractivity contribution in [3.8, 4) is 5.75 Å². The SMILES string of the molecule is O=C(O)c1c(NS(=O)c2ccc(F)cc2C[C@H]2CCNC2)ccc2c1OC[C@@H]1C[C@H]21. The molecule has 5 rings (SSSR count). The molecular weight excluding hydrogens is 407 g/mol. The van der Waals surface area contributed by atoms with Crippen LogP contribution in [0.2, 0.25) is 0 Å². The molecule has 0 amide bonds. The van der Waals surface area contributed by atoms with Crippen molar-refractivity contribution in [3.63, 3.8) is 0 Å². The standard InChI is InChI=1S/C22H23FN2O4S/c23-15-1-4-19(13(8-15)7-12-5-6-24-10-12)30(28)25-18-3-2-16-17-9-14(17)11-29-21(16)20(18)22(26)27/h1-4,8,12,14,17,24-25H,5-7,9-11H2,(H,26,27)/t12-,14+,17+,30?/m1/s1. The van der Waals surface area contributed by atoms with Crippen molar-refractivity contribution < 1.29 is 23.2 Å². The summed E-state index contributed by atoms with van der Waals surface area (Å²) < 4.78 is 35.6. The van der Waals surface area contributed by atoms with E-state index in [0.717, 1.165) is 31.5 Å². The molecule has 1 saturated heterocycles. The normalized spacial score (nSPS) is 25.0. The number of halogens is 1. The molecule has 158 valence electrons. The molecule has 8 heteroatoms. The van der Waals surface area contributed by atoms with Crippen LogP contribution >= 0.6 is 0 Å². The van der Waals surface area contributed by atoms with Gasteiger partial charge in [-0.1, -0.05) is 6.07 Å². The molecule has 3 N–H and O–H groups in total. The first-order valence-corrected chi connectivity index (χ1v) is 11.4. The van der Waals surface area contributed by atoms with Crippen molar-refractivity contribution in [2.24, 2.45) is 11.8 Å². The van der Waals surface area contributed by atoms with Crippen LogP contribution in [0.3, 0.4) is 0 Å². The lowest BCUT2D eigenvalue weighted by molar-refractivity contribution is 0.0692. The summed E-state index contributed by atoms with van der Waals surface area (Å²) in [5, 5.41) is 13.1. The van der Waals surface area contributed by atoms with Gasteiger partial charge in [-0.25, -0.2) is 13.4 Å². The summed E-state index contributed by atoms with van der Waals surface area (Å²) in [6.07, 6.45) is 2.62. The highest BCUT2D eigenvalue weighted by atomic mass is 32.2. The van der Waals surface area contributed by atoms with Gasteiger partial charge in [0.25, 0.3) is 0 Å². The van der Waals surface area contributed by atoms with Gasteiger partial charge in [-0.3, -0.25) is 0 Å². The zero-order chi connectivity index (χ0) is 20.8. The van der Waals surface area contributed by atoms with Crippen LogP contribution in [0.1, 0.15) is 40.2 Å². The Balaban J connectivity index is 1.45. The van der Waals surface area contributed by atoms with E-state index >= 15 is 0 Å². The van der Waals surface area contributed by atoms with Gasteiger partial charge in [0, 0.05) is 5.92 Å². The van der Waals surface area contributed by atoms with Gasteiger partial charge in [-0.15, -0.1) is 0 Å². The van der Waals surface area contributed by atoms with Crippen LogP contribution in [0, 0.1) is 17.7 Å². The highest BCUT2D eigenvalue weighted by molar-refractivity contribution is 7.86. The van der Waals surface area contributed by atoms with Gasteiger partial charge in [-0.05, 0) is 79.6 Å². The molecule has 1 saturated carbocycles. The Labute approximate surface area is 176 Å². The number of carboxylic acid groups (broad SMARTS) is 1. The Bertz CT molecular complexity index is 1040. The van der Waals surface area contributed by atoms with Crippen LogP contribution in [0.5, 0.6) is 5.75 Å². The van der Waals surface area contributed by atoms with Crippen LogP contribution in [-0.2, 0) is 17.4 Å². The van der Waals surface area contributed by atoms with E-state index in [2.05, 4.69) is 10.0 Å². The number of carboxylic acids is 1. The molecule has 1 aliphatic carbocycles. The van der Waals surface area contributed by atoms with Crippen molar-refractivity contribution in [2.45, 2.75) is 30.1 Å². The van der Waals surface area contributed by atoms with Crippen LogP contribution in [0.4, 0.5) is 10.1 Å². The summed E-state index contributed by atoms with van der Waals surface area (Å²) in [5.74, 6) is 0.0698. The molecule has 0 radical (unpaired) electrons. The molecule has 2 heterocycles. The Morgan fingerprint density at radius 3 is 2.97 bits per heavy atom. The molecule has 3 aliphatic rings. The number of aromatic carboxylic acids is 1. The molecule has 6 nitrogen and oxygen atoms in total.